The second-order valence-electron chi connectivity index (χ2n) is 13.1. The van der Waals surface area contributed by atoms with Gasteiger partial charge in [-0.1, -0.05) is 30.2 Å². The standard InChI is InChI=1S/C33H49FN6O8/c1-20(41)27(36-32(45)24-10-5-21(11-13-35-24)4-2-3-12-34)31-30(44)29(43)28(42)26(48-31)19-40-18-25(37-38-40)22-6-8-23(9-7-22)33(46)39-14-16-47-17-15-39/h6-9,18,20-21,24,26-31,35,41-44H,2-5,10-17,19H2,1H3,(H,36,45)/t20-,21+,24+,26?,27-,28+,29?,30?,31-/m1/s1. The molecule has 9 atom stereocenters. The minimum atomic E-state index is -1.62. The van der Waals surface area contributed by atoms with Crippen molar-refractivity contribution in [3.8, 4) is 11.3 Å². The highest BCUT2D eigenvalue weighted by Crippen LogP contribution is 2.27. The van der Waals surface area contributed by atoms with E-state index in [9.17, 15) is 34.4 Å². The van der Waals surface area contributed by atoms with E-state index in [1.807, 2.05) is 0 Å². The first kappa shape index (κ1) is 36.2. The summed E-state index contributed by atoms with van der Waals surface area (Å²) >= 11 is 0. The molecule has 3 unspecified atom stereocenters. The Kier molecular flexibility index (Phi) is 12.9. The number of alkyl halides is 1. The van der Waals surface area contributed by atoms with Crippen LogP contribution in [-0.4, -0.2) is 140 Å². The number of aromatic nitrogens is 3. The van der Waals surface area contributed by atoms with E-state index in [0.29, 0.717) is 68.4 Å². The van der Waals surface area contributed by atoms with Crippen molar-refractivity contribution in [2.45, 2.75) is 101 Å². The molecule has 3 saturated heterocycles. The lowest BCUT2D eigenvalue weighted by atomic mass is 9.89. The number of carbonyl (C=O) groups is 2. The molecule has 0 spiro atoms. The fourth-order valence-corrected chi connectivity index (χ4v) is 6.76. The van der Waals surface area contributed by atoms with Gasteiger partial charge in [0, 0.05) is 24.2 Å². The van der Waals surface area contributed by atoms with Crippen LogP contribution in [-0.2, 0) is 20.8 Å². The molecule has 5 rings (SSSR count). The first-order valence-electron chi connectivity index (χ1n) is 17.0. The minimum absolute atomic E-state index is 0.0451. The van der Waals surface area contributed by atoms with E-state index in [2.05, 4.69) is 20.9 Å². The van der Waals surface area contributed by atoms with Gasteiger partial charge in [0.15, 0.2) is 0 Å². The maximum Gasteiger partial charge on any atom is 0.254 e. The van der Waals surface area contributed by atoms with Gasteiger partial charge in [0.05, 0.1) is 50.8 Å². The summed E-state index contributed by atoms with van der Waals surface area (Å²) in [5, 5.41) is 57.6. The number of amides is 2. The molecule has 15 heteroatoms. The Balaban J connectivity index is 1.21. The van der Waals surface area contributed by atoms with Crippen molar-refractivity contribution in [3.63, 3.8) is 0 Å². The molecule has 6 N–H and O–H groups in total. The number of unbranched alkanes of at least 4 members (excludes halogenated alkanes) is 1. The van der Waals surface area contributed by atoms with Gasteiger partial charge in [-0.15, -0.1) is 5.10 Å². The van der Waals surface area contributed by atoms with Crippen molar-refractivity contribution in [2.24, 2.45) is 5.92 Å². The van der Waals surface area contributed by atoms with Gasteiger partial charge < -0.3 is 45.4 Å². The molecule has 2 amide bonds. The second-order valence-corrected chi connectivity index (χ2v) is 13.1. The zero-order valence-corrected chi connectivity index (χ0v) is 27.4. The van der Waals surface area contributed by atoms with Crippen molar-refractivity contribution in [1.82, 2.24) is 30.5 Å². The molecule has 1 aromatic heterocycles. The number of morpholine rings is 1. The molecule has 4 heterocycles. The van der Waals surface area contributed by atoms with Crippen LogP contribution in [0.4, 0.5) is 4.39 Å². The van der Waals surface area contributed by atoms with Gasteiger partial charge in [-0.2, -0.15) is 0 Å². The smallest absolute Gasteiger partial charge is 0.254 e. The van der Waals surface area contributed by atoms with Crippen molar-refractivity contribution in [1.29, 1.82) is 0 Å². The average Bonchev–Trinajstić information content (AvgIpc) is 3.44. The molecule has 1 aromatic carbocycles. The van der Waals surface area contributed by atoms with E-state index in [1.54, 1.807) is 35.4 Å². The zero-order chi connectivity index (χ0) is 34.2. The number of halogens is 1. The van der Waals surface area contributed by atoms with Gasteiger partial charge in [-0.05, 0) is 57.2 Å². The minimum Gasteiger partial charge on any atom is -0.391 e. The van der Waals surface area contributed by atoms with Crippen LogP contribution in [0.5, 0.6) is 0 Å². The zero-order valence-electron chi connectivity index (χ0n) is 27.4. The number of aliphatic hydroxyl groups excluding tert-OH is 4. The van der Waals surface area contributed by atoms with Crippen molar-refractivity contribution >= 4 is 11.8 Å². The van der Waals surface area contributed by atoms with E-state index in [-0.39, 0.29) is 25.0 Å². The molecule has 2 aromatic rings. The molecule has 3 aliphatic heterocycles. The molecule has 0 saturated carbocycles. The quantitative estimate of drug-likeness (QED) is 0.166. The van der Waals surface area contributed by atoms with Crippen LogP contribution in [0.15, 0.2) is 30.5 Å². The van der Waals surface area contributed by atoms with Crippen LogP contribution in [0.1, 0.15) is 55.8 Å². The molecular weight excluding hydrogens is 627 g/mol. The third-order valence-corrected chi connectivity index (χ3v) is 9.68. The van der Waals surface area contributed by atoms with E-state index < -0.39 is 48.7 Å². The number of carbonyl (C=O) groups excluding carboxylic acids is 2. The van der Waals surface area contributed by atoms with Gasteiger partial charge in [-0.25, -0.2) is 4.68 Å². The highest BCUT2D eigenvalue weighted by atomic mass is 19.1. The fraction of sp³-hybridized carbons (Fsp3) is 0.697. The maximum atomic E-state index is 13.3. The number of aliphatic hydroxyl groups is 4. The third-order valence-electron chi connectivity index (χ3n) is 9.68. The highest BCUT2D eigenvalue weighted by molar-refractivity contribution is 5.94. The fourth-order valence-electron chi connectivity index (χ4n) is 6.76. The summed E-state index contributed by atoms with van der Waals surface area (Å²) in [4.78, 5) is 27.9. The number of nitrogens with one attached hydrogen (secondary N) is 2. The molecule has 3 aliphatic rings. The molecule has 0 bridgehead atoms. The first-order valence-corrected chi connectivity index (χ1v) is 17.0. The summed E-state index contributed by atoms with van der Waals surface area (Å²) in [6.45, 7) is 3.83. The SMILES string of the molecule is C[C@@H](O)[C@@H](NC(=O)[C@@H]1CC[C@H](CCCCF)CCN1)[C@H]1OC(Cn2cc(-c3ccc(C(=O)N4CCOCC4)cc3)nn2)[C@H](O)C(O)C1O. The Morgan fingerprint density at radius 2 is 1.81 bits per heavy atom. The monoisotopic (exact) mass is 676 g/mol. The highest BCUT2D eigenvalue weighted by Gasteiger charge is 2.48. The van der Waals surface area contributed by atoms with Gasteiger partial charge >= 0.3 is 0 Å². The predicted molar refractivity (Wildman–Crippen MR) is 171 cm³/mol. The summed E-state index contributed by atoms with van der Waals surface area (Å²) in [7, 11) is 0. The second kappa shape index (κ2) is 17.1. The van der Waals surface area contributed by atoms with E-state index in [4.69, 9.17) is 9.47 Å². The van der Waals surface area contributed by atoms with Crippen molar-refractivity contribution < 1.29 is 43.9 Å². The number of ether oxygens (including phenoxy) is 2. The Bertz CT molecular complexity index is 1330. The number of hydrogen-bond donors (Lipinski definition) is 6. The maximum absolute atomic E-state index is 13.3. The van der Waals surface area contributed by atoms with Gasteiger partial charge in [0.25, 0.3) is 5.91 Å². The Hall–Kier alpha value is -3.05. The molecule has 3 fully saturated rings. The number of hydrogen-bond acceptors (Lipinski definition) is 11. The summed E-state index contributed by atoms with van der Waals surface area (Å²) in [6.07, 6.45) is -1.99. The molecule has 48 heavy (non-hydrogen) atoms. The van der Waals surface area contributed by atoms with E-state index in [0.717, 1.165) is 25.7 Å². The largest absolute Gasteiger partial charge is 0.391 e. The molecule has 14 nitrogen and oxygen atoms in total. The van der Waals surface area contributed by atoms with E-state index in [1.165, 1.54) is 11.6 Å². The number of rotatable bonds is 12. The Labute approximate surface area is 279 Å². The van der Waals surface area contributed by atoms with Crippen LogP contribution in [0.25, 0.3) is 11.3 Å². The Morgan fingerprint density at radius 1 is 1.06 bits per heavy atom. The molecule has 266 valence electrons. The van der Waals surface area contributed by atoms with Crippen LogP contribution in [0.2, 0.25) is 0 Å². The van der Waals surface area contributed by atoms with E-state index >= 15 is 0 Å². The first-order chi connectivity index (χ1) is 23.2. The van der Waals surface area contributed by atoms with Crippen molar-refractivity contribution in [3.05, 3.63) is 36.0 Å². The van der Waals surface area contributed by atoms with Gasteiger partial charge in [0.1, 0.15) is 36.2 Å². The third kappa shape index (κ3) is 8.94. The van der Waals surface area contributed by atoms with Crippen molar-refractivity contribution in [2.75, 3.05) is 39.5 Å². The molecule has 0 aliphatic carbocycles. The molecular formula is C33H49FN6O8. The molecule has 0 radical (unpaired) electrons. The lowest BCUT2D eigenvalue weighted by molar-refractivity contribution is -0.236. The summed E-state index contributed by atoms with van der Waals surface area (Å²) in [6, 6.07) is 5.39. The van der Waals surface area contributed by atoms with Crippen LogP contribution >= 0.6 is 0 Å². The van der Waals surface area contributed by atoms with Gasteiger partial charge in [-0.3, -0.25) is 14.0 Å². The topological polar surface area (TPSA) is 192 Å². The summed E-state index contributed by atoms with van der Waals surface area (Å²) in [5.74, 6) is -0.0343. The van der Waals surface area contributed by atoms with Crippen LogP contribution in [0, 0.1) is 5.92 Å². The number of nitrogens with zero attached hydrogens (tertiary/aromatic N) is 4. The lowest BCUT2D eigenvalue weighted by Crippen LogP contribution is -2.66. The van der Waals surface area contributed by atoms with Crippen LogP contribution < -0.4 is 10.6 Å². The van der Waals surface area contributed by atoms with Crippen LogP contribution in [0.3, 0.4) is 0 Å². The number of benzene rings is 1. The lowest BCUT2D eigenvalue weighted by Gasteiger charge is -2.44. The van der Waals surface area contributed by atoms with Gasteiger partial charge in [0.2, 0.25) is 5.91 Å². The predicted octanol–water partition coefficient (Wildman–Crippen LogP) is 0.0313. The normalized spacial score (nSPS) is 29.5. The summed E-state index contributed by atoms with van der Waals surface area (Å²) in [5.41, 5.74) is 1.78. The summed E-state index contributed by atoms with van der Waals surface area (Å²) < 4.78 is 25.4. The Morgan fingerprint density at radius 3 is 2.52 bits per heavy atom. The average molecular weight is 677 g/mol.